The minimum absolute atomic E-state index is 0.145. The van der Waals surface area contributed by atoms with Gasteiger partial charge in [-0.05, 0) is 76.7 Å². The van der Waals surface area contributed by atoms with Gasteiger partial charge in [0.25, 0.3) is 0 Å². The number of halogens is 1. The lowest BCUT2D eigenvalue weighted by molar-refractivity contribution is -0.0119. The molecule has 2 aliphatic heterocycles. The molecule has 2 aliphatic rings. The summed E-state index contributed by atoms with van der Waals surface area (Å²) in [5.41, 5.74) is 0.736. The molecule has 0 aromatic heterocycles. The summed E-state index contributed by atoms with van der Waals surface area (Å²) in [6, 6.07) is 8.19. The van der Waals surface area contributed by atoms with Crippen LogP contribution in [0.3, 0.4) is 0 Å². The van der Waals surface area contributed by atoms with Gasteiger partial charge in [-0.1, -0.05) is 18.2 Å². The second-order valence-electron chi connectivity index (χ2n) is 7.77. The van der Waals surface area contributed by atoms with Gasteiger partial charge in [0.2, 0.25) is 0 Å². The van der Waals surface area contributed by atoms with Crippen molar-refractivity contribution in [3.8, 4) is 0 Å². The lowest BCUT2D eigenvalue weighted by Crippen LogP contribution is -2.53. The maximum absolute atomic E-state index is 13.8. The molecule has 2 atom stereocenters. The Labute approximate surface area is 145 Å². The second kappa shape index (κ2) is 7.94. The Morgan fingerprint density at radius 3 is 2.46 bits per heavy atom. The summed E-state index contributed by atoms with van der Waals surface area (Å²) >= 11 is 0. The van der Waals surface area contributed by atoms with Crippen molar-refractivity contribution in [3.05, 3.63) is 35.6 Å². The van der Waals surface area contributed by atoms with E-state index in [1.165, 1.54) is 18.9 Å². The van der Waals surface area contributed by atoms with Crippen molar-refractivity contribution in [2.45, 2.75) is 57.7 Å². The van der Waals surface area contributed by atoms with Gasteiger partial charge in [0.1, 0.15) is 5.82 Å². The number of aliphatic hydroxyl groups is 1. The van der Waals surface area contributed by atoms with E-state index in [0.717, 1.165) is 38.2 Å². The van der Waals surface area contributed by atoms with E-state index in [-0.39, 0.29) is 17.8 Å². The largest absolute Gasteiger partial charge is 0.391 e. The van der Waals surface area contributed by atoms with Gasteiger partial charge >= 0.3 is 0 Å². The first-order valence-electron chi connectivity index (χ1n) is 9.44. The van der Waals surface area contributed by atoms with Gasteiger partial charge in [-0.2, -0.15) is 0 Å². The third kappa shape index (κ3) is 4.16. The standard InChI is InChI=1S/C20H31FN2O/c1-15(2)22-11-8-18(9-12-22)23-10-7-17(20(24)14-23)13-16-5-3-4-6-19(16)21/h3-6,15,17-18,20,24H,7-14H2,1-2H3/t17-,20+/m1/s1. The molecular weight excluding hydrogens is 303 g/mol. The van der Waals surface area contributed by atoms with Crippen LogP contribution in [-0.2, 0) is 6.42 Å². The summed E-state index contributed by atoms with van der Waals surface area (Å²) in [6.45, 7) is 8.62. The highest BCUT2D eigenvalue weighted by atomic mass is 19.1. The quantitative estimate of drug-likeness (QED) is 0.917. The van der Waals surface area contributed by atoms with Crippen molar-refractivity contribution in [1.29, 1.82) is 0 Å². The number of benzene rings is 1. The highest BCUT2D eigenvalue weighted by Gasteiger charge is 2.33. The molecule has 0 spiro atoms. The third-order valence-corrected chi connectivity index (χ3v) is 5.94. The Bertz CT molecular complexity index is 528. The fourth-order valence-corrected chi connectivity index (χ4v) is 4.29. The first-order valence-corrected chi connectivity index (χ1v) is 9.44. The molecule has 0 amide bonds. The summed E-state index contributed by atoms with van der Waals surface area (Å²) < 4.78 is 13.8. The molecule has 4 heteroatoms. The number of hydrogen-bond acceptors (Lipinski definition) is 3. The Kier molecular flexibility index (Phi) is 5.90. The zero-order valence-corrected chi connectivity index (χ0v) is 15.0. The molecule has 3 rings (SSSR count). The van der Waals surface area contributed by atoms with E-state index < -0.39 is 0 Å². The first kappa shape index (κ1) is 17.8. The van der Waals surface area contributed by atoms with Crippen LogP contribution in [0.2, 0.25) is 0 Å². The second-order valence-corrected chi connectivity index (χ2v) is 7.77. The SMILES string of the molecule is CC(C)N1CCC(N2CC[C@H](Cc3ccccc3F)[C@@H](O)C2)CC1. The van der Waals surface area contributed by atoms with Crippen molar-refractivity contribution in [1.82, 2.24) is 9.80 Å². The van der Waals surface area contributed by atoms with Crippen molar-refractivity contribution in [2.75, 3.05) is 26.2 Å². The molecule has 1 N–H and O–H groups in total. The molecule has 134 valence electrons. The smallest absolute Gasteiger partial charge is 0.126 e. The Balaban J connectivity index is 1.51. The zero-order chi connectivity index (χ0) is 17.1. The minimum atomic E-state index is -0.346. The molecule has 0 unspecified atom stereocenters. The van der Waals surface area contributed by atoms with E-state index in [0.29, 0.717) is 18.5 Å². The summed E-state index contributed by atoms with van der Waals surface area (Å²) in [6.07, 6.45) is 3.65. The van der Waals surface area contributed by atoms with Gasteiger partial charge in [-0.3, -0.25) is 4.90 Å². The van der Waals surface area contributed by atoms with Crippen molar-refractivity contribution in [2.24, 2.45) is 5.92 Å². The molecule has 0 aliphatic carbocycles. The van der Waals surface area contributed by atoms with E-state index in [1.807, 2.05) is 12.1 Å². The monoisotopic (exact) mass is 334 g/mol. The summed E-state index contributed by atoms with van der Waals surface area (Å²) in [4.78, 5) is 5.01. The van der Waals surface area contributed by atoms with Crippen LogP contribution in [0, 0.1) is 11.7 Å². The average Bonchev–Trinajstić information content (AvgIpc) is 2.58. The Hall–Kier alpha value is -0.970. The predicted octanol–water partition coefficient (Wildman–Crippen LogP) is 2.92. The molecular formula is C20H31FN2O. The lowest BCUT2D eigenvalue weighted by Gasteiger charge is -2.44. The number of hydrogen-bond donors (Lipinski definition) is 1. The van der Waals surface area contributed by atoms with Gasteiger partial charge in [0.15, 0.2) is 0 Å². The summed E-state index contributed by atoms with van der Waals surface area (Å²) in [5, 5.41) is 10.6. The van der Waals surface area contributed by atoms with Crippen LogP contribution in [0.4, 0.5) is 4.39 Å². The fourth-order valence-electron chi connectivity index (χ4n) is 4.29. The molecule has 3 nitrogen and oxygen atoms in total. The predicted molar refractivity (Wildman–Crippen MR) is 95.5 cm³/mol. The van der Waals surface area contributed by atoms with E-state index in [9.17, 15) is 9.50 Å². The van der Waals surface area contributed by atoms with Crippen LogP contribution >= 0.6 is 0 Å². The maximum atomic E-state index is 13.8. The molecule has 0 bridgehead atoms. The highest BCUT2D eigenvalue weighted by Crippen LogP contribution is 2.27. The number of β-amino-alcohol motifs (C(OH)–C–C–N with tert-alkyl or cyclic N) is 1. The number of nitrogens with zero attached hydrogens (tertiary/aromatic N) is 2. The lowest BCUT2D eigenvalue weighted by atomic mass is 9.86. The third-order valence-electron chi connectivity index (χ3n) is 5.94. The van der Waals surface area contributed by atoms with Gasteiger partial charge in [-0.15, -0.1) is 0 Å². The molecule has 24 heavy (non-hydrogen) atoms. The Morgan fingerprint density at radius 1 is 1.12 bits per heavy atom. The normalized spacial score (nSPS) is 27.7. The van der Waals surface area contributed by atoms with Crippen LogP contribution < -0.4 is 0 Å². The van der Waals surface area contributed by atoms with Crippen LogP contribution in [0.15, 0.2) is 24.3 Å². The van der Waals surface area contributed by atoms with Crippen molar-refractivity contribution >= 4 is 0 Å². The number of piperidine rings is 2. The van der Waals surface area contributed by atoms with E-state index in [4.69, 9.17) is 0 Å². The number of likely N-dealkylation sites (tertiary alicyclic amines) is 2. The van der Waals surface area contributed by atoms with Gasteiger partial charge in [-0.25, -0.2) is 4.39 Å². The molecule has 0 radical (unpaired) electrons. The molecule has 2 heterocycles. The molecule has 1 aromatic carbocycles. The van der Waals surface area contributed by atoms with Crippen molar-refractivity contribution in [3.63, 3.8) is 0 Å². The summed E-state index contributed by atoms with van der Waals surface area (Å²) in [5.74, 6) is 0.0297. The van der Waals surface area contributed by atoms with Crippen LogP contribution in [-0.4, -0.2) is 59.3 Å². The molecule has 0 saturated carbocycles. The average molecular weight is 334 g/mol. The van der Waals surface area contributed by atoms with E-state index in [2.05, 4.69) is 23.6 Å². The van der Waals surface area contributed by atoms with Crippen molar-refractivity contribution < 1.29 is 9.50 Å². The molecule has 2 saturated heterocycles. The summed E-state index contributed by atoms with van der Waals surface area (Å²) in [7, 11) is 0. The maximum Gasteiger partial charge on any atom is 0.126 e. The number of aliphatic hydroxyl groups excluding tert-OH is 1. The topological polar surface area (TPSA) is 26.7 Å². The van der Waals surface area contributed by atoms with Crippen LogP contribution in [0.25, 0.3) is 0 Å². The molecule has 2 fully saturated rings. The number of rotatable bonds is 4. The first-order chi connectivity index (χ1) is 11.5. The van der Waals surface area contributed by atoms with E-state index in [1.54, 1.807) is 6.07 Å². The van der Waals surface area contributed by atoms with Crippen LogP contribution in [0.5, 0.6) is 0 Å². The van der Waals surface area contributed by atoms with Gasteiger partial charge < -0.3 is 10.0 Å². The fraction of sp³-hybridized carbons (Fsp3) is 0.700. The molecule has 1 aromatic rings. The minimum Gasteiger partial charge on any atom is -0.391 e. The highest BCUT2D eigenvalue weighted by molar-refractivity contribution is 5.18. The zero-order valence-electron chi connectivity index (χ0n) is 15.0. The van der Waals surface area contributed by atoms with Crippen LogP contribution in [0.1, 0.15) is 38.7 Å². The van der Waals surface area contributed by atoms with Gasteiger partial charge in [0.05, 0.1) is 6.10 Å². The Morgan fingerprint density at radius 2 is 1.83 bits per heavy atom. The van der Waals surface area contributed by atoms with Gasteiger partial charge in [0, 0.05) is 18.6 Å². The van der Waals surface area contributed by atoms with E-state index >= 15 is 0 Å².